The molecule has 4 N–H and O–H groups in total. The molecule has 1 atom stereocenters. The van der Waals surface area contributed by atoms with Gasteiger partial charge in [0.15, 0.2) is 0 Å². The van der Waals surface area contributed by atoms with Crippen LogP contribution in [0.15, 0.2) is 66.7 Å². The minimum Gasteiger partial charge on any atom is -0.349 e. The fourth-order valence-corrected chi connectivity index (χ4v) is 5.68. The summed E-state index contributed by atoms with van der Waals surface area (Å²) in [5.74, 6) is -0.829. The number of fused-ring (bicyclic) bond motifs is 1. The number of carbonyl (C=O) groups excluding carboxylic acids is 3. The van der Waals surface area contributed by atoms with Crippen molar-refractivity contribution in [2.75, 3.05) is 10.2 Å². The molecular formula is C29H28Cl2N4O3. The van der Waals surface area contributed by atoms with Gasteiger partial charge >= 0.3 is 0 Å². The summed E-state index contributed by atoms with van der Waals surface area (Å²) in [5, 5.41) is 6.78. The van der Waals surface area contributed by atoms with Crippen LogP contribution in [0.3, 0.4) is 0 Å². The molecule has 1 aliphatic heterocycles. The fourth-order valence-electron chi connectivity index (χ4n) is 5.15. The van der Waals surface area contributed by atoms with Gasteiger partial charge in [0.1, 0.15) is 0 Å². The molecule has 3 amide bonds. The van der Waals surface area contributed by atoms with Crippen LogP contribution in [0.25, 0.3) is 0 Å². The van der Waals surface area contributed by atoms with Gasteiger partial charge in [-0.15, -0.1) is 0 Å². The van der Waals surface area contributed by atoms with E-state index in [-0.39, 0.29) is 36.2 Å². The van der Waals surface area contributed by atoms with Gasteiger partial charge in [0.25, 0.3) is 11.8 Å². The highest BCUT2D eigenvalue weighted by atomic mass is 35.5. The third kappa shape index (κ3) is 5.55. The van der Waals surface area contributed by atoms with Gasteiger partial charge in [0.2, 0.25) is 5.91 Å². The maximum absolute atomic E-state index is 13.9. The Balaban J connectivity index is 1.54. The number of carbonyl (C=O) groups is 3. The first kappa shape index (κ1) is 26.2. The molecule has 196 valence electrons. The Morgan fingerprint density at radius 1 is 0.921 bits per heavy atom. The summed E-state index contributed by atoms with van der Waals surface area (Å²) in [4.78, 5) is 41.7. The summed E-state index contributed by atoms with van der Waals surface area (Å²) in [6.07, 6.45) is 3.38. The summed E-state index contributed by atoms with van der Waals surface area (Å²) in [6, 6.07) is 18.4. The molecule has 9 heteroatoms. The van der Waals surface area contributed by atoms with Crippen LogP contribution in [-0.2, 0) is 4.79 Å². The van der Waals surface area contributed by atoms with Crippen molar-refractivity contribution in [1.82, 2.24) is 5.32 Å². The molecule has 7 nitrogen and oxygen atoms in total. The topological polar surface area (TPSA) is 105 Å². The molecule has 3 aromatic carbocycles. The maximum Gasteiger partial charge on any atom is 0.258 e. The summed E-state index contributed by atoms with van der Waals surface area (Å²) in [6.45, 7) is 0. The lowest BCUT2D eigenvalue weighted by Gasteiger charge is -2.31. The van der Waals surface area contributed by atoms with Gasteiger partial charge in [-0.3, -0.25) is 19.3 Å². The summed E-state index contributed by atoms with van der Waals surface area (Å²) in [7, 11) is 0. The molecular weight excluding hydrogens is 523 g/mol. The maximum atomic E-state index is 13.9. The smallest absolute Gasteiger partial charge is 0.258 e. The van der Waals surface area contributed by atoms with Gasteiger partial charge in [-0.1, -0.05) is 47.5 Å². The zero-order valence-corrected chi connectivity index (χ0v) is 22.1. The van der Waals surface area contributed by atoms with E-state index in [0.717, 1.165) is 25.7 Å². The lowest BCUT2D eigenvalue weighted by Crippen LogP contribution is -2.40. The van der Waals surface area contributed by atoms with Gasteiger partial charge in [0, 0.05) is 33.3 Å². The quantitative estimate of drug-likeness (QED) is 0.386. The Hall–Kier alpha value is -3.39. The minimum absolute atomic E-state index is 0.0293. The number of hydrogen-bond acceptors (Lipinski definition) is 4. The van der Waals surface area contributed by atoms with Gasteiger partial charge in [-0.25, -0.2) is 0 Å². The average molecular weight is 551 g/mol. The first-order valence-electron chi connectivity index (χ1n) is 12.6. The van der Waals surface area contributed by atoms with Crippen molar-refractivity contribution < 1.29 is 14.4 Å². The molecule has 0 saturated heterocycles. The van der Waals surface area contributed by atoms with Crippen molar-refractivity contribution in [3.63, 3.8) is 0 Å². The van der Waals surface area contributed by atoms with Crippen LogP contribution in [0.2, 0.25) is 10.0 Å². The Bertz CT molecular complexity index is 1370. The van der Waals surface area contributed by atoms with Crippen molar-refractivity contribution in [1.29, 1.82) is 0 Å². The largest absolute Gasteiger partial charge is 0.349 e. The Morgan fingerprint density at radius 2 is 1.66 bits per heavy atom. The minimum atomic E-state index is -0.695. The van der Waals surface area contributed by atoms with Crippen molar-refractivity contribution >= 4 is 52.3 Å². The van der Waals surface area contributed by atoms with Crippen LogP contribution >= 0.6 is 23.2 Å². The van der Waals surface area contributed by atoms with Crippen molar-refractivity contribution in [2.24, 2.45) is 5.73 Å². The second-order valence-electron chi connectivity index (χ2n) is 9.79. The van der Waals surface area contributed by atoms with Crippen LogP contribution in [0.4, 0.5) is 11.4 Å². The van der Waals surface area contributed by atoms with E-state index in [0.29, 0.717) is 38.1 Å². The standard InChI is InChI=1S/C29H28Cl2N4O3/c30-19-7-12-22(23(31)15-19)26-16-27(36)34-24-14-18(28(37)33-21-10-8-20(32)9-11-21)6-13-25(24)35(26)29(38)17-4-2-1-3-5-17/h1-7,12-15,20-21,26H,8-11,16,32H2,(H,33,37)(H,34,36). The third-order valence-electron chi connectivity index (χ3n) is 7.15. The number of amides is 3. The summed E-state index contributed by atoms with van der Waals surface area (Å²) >= 11 is 12.7. The SMILES string of the molecule is NC1CCC(NC(=O)c2ccc3c(c2)NC(=O)CC(c2ccc(Cl)cc2Cl)N3C(=O)c2ccccc2)CC1. The van der Waals surface area contributed by atoms with Crippen LogP contribution in [0.5, 0.6) is 0 Å². The summed E-state index contributed by atoms with van der Waals surface area (Å²) in [5.41, 5.74) is 8.30. The predicted molar refractivity (Wildman–Crippen MR) is 150 cm³/mol. The molecule has 38 heavy (non-hydrogen) atoms. The summed E-state index contributed by atoms with van der Waals surface area (Å²) < 4.78 is 0. The first-order valence-corrected chi connectivity index (χ1v) is 13.4. The van der Waals surface area contributed by atoms with Crippen LogP contribution in [0, 0.1) is 0 Å². The van der Waals surface area contributed by atoms with Crippen molar-refractivity contribution in [3.8, 4) is 0 Å². The number of nitrogens with zero attached hydrogens (tertiary/aromatic N) is 1. The molecule has 0 bridgehead atoms. The molecule has 0 aromatic heterocycles. The van der Waals surface area contributed by atoms with E-state index in [1.807, 2.05) is 6.07 Å². The van der Waals surface area contributed by atoms with Crippen LogP contribution < -0.4 is 21.3 Å². The van der Waals surface area contributed by atoms with E-state index in [1.165, 1.54) is 0 Å². The number of rotatable bonds is 4. The zero-order chi connectivity index (χ0) is 26.8. The zero-order valence-electron chi connectivity index (χ0n) is 20.6. The van der Waals surface area contributed by atoms with Gasteiger partial charge in [0.05, 0.1) is 23.8 Å². The molecule has 1 unspecified atom stereocenters. The van der Waals surface area contributed by atoms with Crippen LogP contribution in [0.1, 0.15) is 64.4 Å². The van der Waals surface area contributed by atoms with Crippen molar-refractivity contribution in [2.45, 2.75) is 50.2 Å². The second kappa shape index (κ2) is 11.2. The number of halogens is 2. The third-order valence-corrected chi connectivity index (χ3v) is 7.71. The normalized spacial score (nSPS) is 21.2. The van der Waals surface area contributed by atoms with Gasteiger partial charge < -0.3 is 16.4 Å². The van der Waals surface area contributed by atoms with E-state index in [4.69, 9.17) is 28.9 Å². The number of benzene rings is 3. The first-order chi connectivity index (χ1) is 18.3. The predicted octanol–water partition coefficient (Wildman–Crippen LogP) is 5.72. The molecule has 2 aliphatic rings. The fraction of sp³-hybridized carbons (Fsp3) is 0.276. The molecule has 1 fully saturated rings. The van der Waals surface area contributed by atoms with Gasteiger partial charge in [-0.2, -0.15) is 0 Å². The highest BCUT2D eigenvalue weighted by Crippen LogP contribution is 2.42. The monoisotopic (exact) mass is 550 g/mol. The second-order valence-corrected chi connectivity index (χ2v) is 10.6. The van der Waals surface area contributed by atoms with E-state index in [1.54, 1.807) is 65.6 Å². The lowest BCUT2D eigenvalue weighted by molar-refractivity contribution is -0.116. The highest BCUT2D eigenvalue weighted by molar-refractivity contribution is 6.35. The molecule has 1 heterocycles. The van der Waals surface area contributed by atoms with Crippen molar-refractivity contribution in [3.05, 3.63) is 93.5 Å². The molecule has 0 radical (unpaired) electrons. The average Bonchev–Trinajstić information content (AvgIpc) is 3.05. The van der Waals surface area contributed by atoms with E-state index in [2.05, 4.69) is 10.6 Å². The van der Waals surface area contributed by atoms with E-state index >= 15 is 0 Å². The number of anilines is 2. The Morgan fingerprint density at radius 3 is 2.37 bits per heavy atom. The van der Waals surface area contributed by atoms with E-state index in [9.17, 15) is 14.4 Å². The number of nitrogens with two attached hydrogens (primary N) is 1. The number of hydrogen-bond donors (Lipinski definition) is 3. The molecule has 0 spiro atoms. The Kier molecular flexibility index (Phi) is 7.70. The van der Waals surface area contributed by atoms with Crippen LogP contribution in [-0.4, -0.2) is 29.8 Å². The molecule has 1 saturated carbocycles. The Labute approximate surface area is 231 Å². The van der Waals surface area contributed by atoms with Gasteiger partial charge in [-0.05, 0) is 73.7 Å². The number of nitrogens with one attached hydrogen (secondary N) is 2. The molecule has 5 rings (SSSR count). The van der Waals surface area contributed by atoms with E-state index < -0.39 is 6.04 Å². The molecule has 1 aliphatic carbocycles. The highest BCUT2D eigenvalue weighted by Gasteiger charge is 2.35. The lowest BCUT2D eigenvalue weighted by atomic mass is 9.91. The molecule has 3 aromatic rings.